The molecule has 6 heteroatoms. The molecule has 1 atom stereocenters. The lowest BCUT2D eigenvalue weighted by Crippen LogP contribution is -2.20. The molecule has 1 unspecified atom stereocenters. The Bertz CT molecular complexity index is 301. The Morgan fingerprint density at radius 3 is 2.93 bits per heavy atom. The molecule has 0 saturated carbocycles. The van der Waals surface area contributed by atoms with Crippen LogP contribution in [-0.4, -0.2) is 29.2 Å². The predicted octanol–water partition coefficient (Wildman–Crippen LogP) is 1.55. The summed E-state index contributed by atoms with van der Waals surface area (Å²) in [6, 6.07) is 1.62. The van der Waals surface area contributed by atoms with Crippen molar-refractivity contribution >= 4 is 23.4 Å². The van der Waals surface area contributed by atoms with Crippen molar-refractivity contribution in [3.05, 3.63) is 11.2 Å². The van der Waals surface area contributed by atoms with E-state index in [0.717, 1.165) is 0 Å². The number of ether oxygens (including phenoxy) is 1. The van der Waals surface area contributed by atoms with Crippen LogP contribution in [0.25, 0.3) is 0 Å². The normalized spacial score (nSPS) is 12.5. The first-order valence-electron chi connectivity index (χ1n) is 4.77. The van der Waals surface area contributed by atoms with Crippen LogP contribution in [-0.2, 0) is 4.74 Å². The lowest BCUT2D eigenvalue weighted by molar-refractivity contribution is 0.0855. The van der Waals surface area contributed by atoms with Crippen molar-refractivity contribution < 1.29 is 4.74 Å². The van der Waals surface area contributed by atoms with Crippen molar-refractivity contribution in [2.75, 3.05) is 24.2 Å². The summed E-state index contributed by atoms with van der Waals surface area (Å²) in [5, 5.41) is 3.40. The maximum Gasteiger partial charge on any atom is 0.223 e. The molecule has 0 fully saturated rings. The second-order valence-corrected chi connectivity index (χ2v) is 3.47. The van der Waals surface area contributed by atoms with Gasteiger partial charge in [0.15, 0.2) is 0 Å². The van der Waals surface area contributed by atoms with Crippen LogP contribution >= 0.6 is 11.6 Å². The third kappa shape index (κ3) is 4.31. The van der Waals surface area contributed by atoms with Gasteiger partial charge in [-0.25, -0.2) is 4.98 Å². The average Bonchev–Trinajstić information content (AvgIpc) is 2.14. The van der Waals surface area contributed by atoms with Gasteiger partial charge in [-0.15, -0.1) is 0 Å². The van der Waals surface area contributed by atoms with E-state index < -0.39 is 0 Å². The highest BCUT2D eigenvalue weighted by Gasteiger charge is 2.03. The Labute approximate surface area is 94.0 Å². The molecule has 0 bridgehead atoms. The van der Waals surface area contributed by atoms with E-state index >= 15 is 0 Å². The summed E-state index contributed by atoms with van der Waals surface area (Å²) >= 11 is 5.72. The van der Waals surface area contributed by atoms with Gasteiger partial charge in [0, 0.05) is 19.2 Å². The summed E-state index contributed by atoms with van der Waals surface area (Å²) in [6.07, 6.45) is 0.116. The second-order valence-electron chi connectivity index (χ2n) is 3.08. The summed E-state index contributed by atoms with van der Waals surface area (Å²) < 4.78 is 5.35. The third-order valence-corrected chi connectivity index (χ3v) is 1.93. The Hall–Kier alpha value is -1.07. The highest BCUT2D eigenvalue weighted by atomic mass is 35.5. The molecular weight excluding hydrogens is 216 g/mol. The first kappa shape index (κ1) is 12.0. The number of rotatable bonds is 5. The van der Waals surface area contributed by atoms with Crippen LogP contribution in [0.2, 0.25) is 5.15 Å². The maximum atomic E-state index is 5.72. The standard InChI is InChI=1S/C9H15ClN4O/c1-3-15-6(2)5-12-8-4-7(10)13-9(11)14-8/h4,6H,3,5H2,1-2H3,(H3,11,12,13,14). The van der Waals surface area contributed by atoms with Gasteiger partial charge >= 0.3 is 0 Å². The van der Waals surface area contributed by atoms with Crippen molar-refractivity contribution in [2.45, 2.75) is 20.0 Å². The fraction of sp³-hybridized carbons (Fsp3) is 0.556. The molecule has 0 saturated heterocycles. The van der Waals surface area contributed by atoms with E-state index in [4.69, 9.17) is 22.1 Å². The topological polar surface area (TPSA) is 73.1 Å². The molecular formula is C9H15ClN4O. The number of hydrogen-bond acceptors (Lipinski definition) is 5. The van der Waals surface area contributed by atoms with Crippen molar-refractivity contribution in [3.8, 4) is 0 Å². The van der Waals surface area contributed by atoms with Gasteiger partial charge in [-0.3, -0.25) is 0 Å². The Morgan fingerprint density at radius 1 is 1.60 bits per heavy atom. The number of halogens is 1. The van der Waals surface area contributed by atoms with Crippen LogP contribution in [0.1, 0.15) is 13.8 Å². The van der Waals surface area contributed by atoms with Gasteiger partial charge < -0.3 is 15.8 Å². The number of nitrogens with one attached hydrogen (secondary N) is 1. The smallest absolute Gasteiger partial charge is 0.223 e. The molecule has 0 aliphatic carbocycles. The highest BCUT2D eigenvalue weighted by molar-refractivity contribution is 6.29. The van der Waals surface area contributed by atoms with E-state index in [-0.39, 0.29) is 12.1 Å². The molecule has 1 aromatic heterocycles. The molecule has 0 aliphatic rings. The number of nitrogens with two attached hydrogens (primary N) is 1. The van der Waals surface area contributed by atoms with E-state index in [9.17, 15) is 0 Å². The van der Waals surface area contributed by atoms with Crippen LogP contribution in [0.4, 0.5) is 11.8 Å². The largest absolute Gasteiger partial charge is 0.377 e. The molecule has 1 aromatic rings. The zero-order valence-electron chi connectivity index (χ0n) is 8.83. The van der Waals surface area contributed by atoms with Crippen LogP contribution in [0.3, 0.4) is 0 Å². The molecule has 3 N–H and O–H groups in total. The molecule has 0 radical (unpaired) electrons. The van der Waals surface area contributed by atoms with Gasteiger partial charge in [-0.1, -0.05) is 11.6 Å². The van der Waals surface area contributed by atoms with E-state index in [1.807, 2.05) is 13.8 Å². The zero-order chi connectivity index (χ0) is 11.3. The quantitative estimate of drug-likeness (QED) is 0.751. The number of anilines is 2. The third-order valence-electron chi connectivity index (χ3n) is 1.73. The molecule has 0 amide bonds. The minimum atomic E-state index is 0.116. The van der Waals surface area contributed by atoms with Crippen LogP contribution in [0.5, 0.6) is 0 Å². The first-order chi connectivity index (χ1) is 7.11. The minimum Gasteiger partial charge on any atom is -0.377 e. The lowest BCUT2D eigenvalue weighted by atomic mass is 10.4. The zero-order valence-corrected chi connectivity index (χ0v) is 9.58. The van der Waals surface area contributed by atoms with Gasteiger partial charge in [0.25, 0.3) is 0 Å². The van der Waals surface area contributed by atoms with Gasteiger partial charge in [0.2, 0.25) is 5.95 Å². The van der Waals surface area contributed by atoms with Gasteiger partial charge in [-0.2, -0.15) is 4.98 Å². The number of nitrogens with zero attached hydrogens (tertiary/aromatic N) is 2. The molecule has 0 aromatic carbocycles. The monoisotopic (exact) mass is 230 g/mol. The maximum absolute atomic E-state index is 5.72. The van der Waals surface area contributed by atoms with Crippen LogP contribution in [0.15, 0.2) is 6.07 Å². The average molecular weight is 231 g/mol. The molecule has 1 heterocycles. The van der Waals surface area contributed by atoms with E-state index in [0.29, 0.717) is 24.1 Å². The highest BCUT2D eigenvalue weighted by Crippen LogP contribution is 2.12. The Morgan fingerprint density at radius 2 is 2.33 bits per heavy atom. The van der Waals surface area contributed by atoms with Gasteiger partial charge in [0.1, 0.15) is 11.0 Å². The molecule has 15 heavy (non-hydrogen) atoms. The summed E-state index contributed by atoms with van der Waals surface area (Å²) in [6.45, 7) is 5.27. The Balaban J connectivity index is 2.50. The molecule has 5 nitrogen and oxygen atoms in total. The minimum absolute atomic E-state index is 0.116. The van der Waals surface area contributed by atoms with Crippen LogP contribution < -0.4 is 11.1 Å². The summed E-state index contributed by atoms with van der Waals surface area (Å²) in [5.41, 5.74) is 5.45. The van der Waals surface area contributed by atoms with Gasteiger partial charge in [-0.05, 0) is 13.8 Å². The van der Waals surface area contributed by atoms with Crippen LogP contribution in [0, 0.1) is 0 Å². The second kappa shape index (κ2) is 5.72. The van der Waals surface area contributed by atoms with Crippen molar-refractivity contribution in [1.82, 2.24) is 9.97 Å². The molecule has 0 spiro atoms. The SMILES string of the molecule is CCOC(C)CNc1cc(Cl)nc(N)n1. The van der Waals surface area contributed by atoms with Crippen molar-refractivity contribution in [3.63, 3.8) is 0 Å². The lowest BCUT2D eigenvalue weighted by Gasteiger charge is -2.13. The molecule has 1 rings (SSSR count). The summed E-state index contributed by atoms with van der Waals surface area (Å²) in [5.74, 6) is 0.771. The number of nitrogen functional groups attached to an aromatic ring is 1. The predicted molar refractivity (Wildman–Crippen MR) is 61.0 cm³/mol. The van der Waals surface area contributed by atoms with E-state index in [2.05, 4.69) is 15.3 Å². The number of hydrogen-bond donors (Lipinski definition) is 2. The Kier molecular flexibility index (Phi) is 4.58. The van der Waals surface area contributed by atoms with Gasteiger partial charge in [0.05, 0.1) is 6.10 Å². The fourth-order valence-electron chi connectivity index (χ4n) is 1.12. The van der Waals surface area contributed by atoms with Crippen molar-refractivity contribution in [2.24, 2.45) is 0 Å². The summed E-state index contributed by atoms with van der Waals surface area (Å²) in [7, 11) is 0. The number of aromatic nitrogens is 2. The fourth-order valence-corrected chi connectivity index (χ4v) is 1.31. The van der Waals surface area contributed by atoms with Crippen molar-refractivity contribution in [1.29, 1.82) is 0 Å². The van der Waals surface area contributed by atoms with E-state index in [1.165, 1.54) is 0 Å². The molecule has 84 valence electrons. The summed E-state index contributed by atoms with van der Waals surface area (Å²) in [4.78, 5) is 7.74. The molecule has 0 aliphatic heterocycles. The van der Waals surface area contributed by atoms with E-state index in [1.54, 1.807) is 6.07 Å². The first-order valence-corrected chi connectivity index (χ1v) is 5.15.